The zero-order valence-corrected chi connectivity index (χ0v) is 9.40. The van der Waals surface area contributed by atoms with Gasteiger partial charge in [-0.25, -0.2) is 4.79 Å². The first-order valence-electron chi connectivity index (χ1n) is 4.68. The van der Waals surface area contributed by atoms with Crippen LogP contribution in [-0.2, 0) is 0 Å². The lowest BCUT2D eigenvalue weighted by atomic mass is 10.1. The molecule has 1 aromatic carbocycles. The summed E-state index contributed by atoms with van der Waals surface area (Å²) >= 11 is 1.10. The minimum atomic E-state index is -1.05. The minimum Gasteiger partial charge on any atom is -0.476 e. The van der Waals surface area contributed by atoms with Crippen LogP contribution in [0.15, 0.2) is 30.3 Å². The second-order valence-corrected chi connectivity index (χ2v) is 4.13. The number of benzene rings is 1. The molecule has 0 unspecified atom stereocenters. The summed E-state index contributed by atoms with van der Waals surface area (Å²) in [6.07, 6.45) is 0. The first-order chi connectivity index (χ1) is 8.08. The molecule has 3 N–H and O–H groups in total. The quantitative estimate of drug-likeness (QED) is 0.862. The van der Waals surface area contributed by atoms with E-state index in [0.717, 1.165) is 22.0 Å². The number of primary amides is 1. The Labute approximate surface area is 101 Å². The molecule has 1 amide bonds. The molecule has 17 heavy (non-hydrogen) atoms. The van der Waals surface area contributed by atoms with Crippen molar-refractivity contribution in [3.8, 4) is 10.4 Å². The van der Waals surface area contributed by atoms with Gasteiger partial charge in [0.1, 0.15) is 0 Å². The lowest BCUT2D eigenvalue weighted by Crippen LogP contribution is -2.10. The van der Waals surface area contributed by atoms with Gasteiger partial charge in [0.15, 0.2) is 5.69 Å². The van der Waals surface area contributed by atoms with Gasteiger partial charge in [-0.3, -0.25) is 4.79 Å². The Morgan fingerprint density at radius 1 is 1.24 bits per heavy atom. The standard InChI is InChI=1S/C11H8N2O3S/c12-10(14)7-3-1-6(2-4-7)9-5-8(11(15)16)13-17-9/h1-5H,(H2,12,14)(H,15,16). The number of nitrogens with zero attached hydrogens (tertiary/aromatic N) is 1. The average molecular weight is 248 g/mol. The summed E-state index contributed by atoms with van der Waals surface area (Å²) in [6.45, 7) is 0. The summed E-state index contributed by atoms with van der Waals surface area (Å²) in [5, 5.41) is 8.74. The van der Waals surface area contributed by atoms with E-state index in [4.69, 9.17) is 10.8 Å². The number of hydrogen-bond acceptors (Lipinski definition) is 4. The maximum Gasteiger partial charge on any atom is 0.355 e. The van der Waals surface area contributed by atoms with Crippen LogP contribution >= 0.6 is 11.5 Å². The largest absolute Gasteiger partial charge is 0.476 e. The molecule has 0 fully saturated rings. The van der Waals surface area contributed by atoms with Gasteiger partial charge < -0.3 is 10.8 Å². The Morgan fingerprint density at radius 3 is 2.35 bits per heavy atom. The van der Waals surface area contributed by atoms with Crippen molar-refractivity contribution in [2.45, 2.75) is 0 Å². The van der Waals surface area contributed by atoms with Crippen molar-refractivity contribution >= 4 is 23.4 Å². The van der Waals surface area contributed by atoms with Gasteiger partial charge in [-0.15, -0.1) is 0 Å². The summed E-state index contributed by atoms with van der Waals surface area (Å²) in [7, 11) is 0. The number of amides is 1. The van der Waals surface area contributed by atoms with Gasteiger partial charge in [-0.05, 0) is 35.3 Å². The summed E-state index contributed by atoms with van der Waals surface area (Å²) < 4.78 is 3.80. The van der Waals surface area contributed by atoms with Gasteiger partial charge in [0.25, 0.3) is 0 Å². The number of carbonyl (C=O) groups excluding carboxylic acids is 1. The van der Waals surface area contributed by atoms with Crippen molar-refractivity contribution in [1.82, 2.24) is 4.37 Å². The van der Waals surface area contributed by atoms with Gasteiger partial charge in [0, 0.05) is 5.56 Å². The number of nitrogens with two attached hydrogens (primary N) is 1. The molecule has 2 rings (SSSR count). The van der Waals surface area contributed by atoms with Crippen molar-refractivity contribution in [3.05, 3.63) is 41.6 Å². The maximum atomic E-state index is 10.9. The van der Waals surface area contributed by atoms with Crippen molar-refractivity contribution < 1.29 is 14.7 Å². The van der Waals surface area contributed by atoms with Crippen LogP contribution in [0, 0.1) is 0 Å². The monoisotopic (exact) mass is 248 g/mol. The second-order valence-electron chi connectivity index (χ2n) is 3.32. The Morgan fingerprint density at radius 2 is 1.88 bits per heavy atom. The van der Waals surface area contributed by atoms with Gasteiger partial charge in [0.2, 0.25) is 5.91 Å². The smallest absolute Gasteiger partial charge is 0.355 e. The molecular formula is C11H8N2O3S. The molecule has 0 saturated heterocycles. The van der Waals surface area contributed by atoms with Crippen molar-refractivity contribution in [1.29, 1.82) is 0 Å². The molecule has 0 aliphatic rings. The van der Waals surface area contributed by atoms with Crippen LogP contribution in [0.1, 0.15) is 20.8 Å². The first kappa shape index (κ1) is 11.3. The Hall–Kier alpha value is -2.21. The van der Waals surface area contributed by atoms with Crippen LogP contribution in [0.2, 0.25) is 0 Å². The highest BCUT2D eigenvalue weighted by molar-refractivity contribution is 7.09. The molecule has 2 aromatic rings. The molecule has 1 heterocycles. The molecule has 86 valence electrons. The van der Waals surface area contributed by atoms with E-state index in [9.17, 15) is 9.59 Å². The van der Waals surface area contributed by atoms with E-state index in [1.807, 2.05) is 0 Å². The summed E-state index contributed by atoms with van der Waals surface area (Å²) in [6, 6.07) is 8.10. The average Bonchev–Trinajstić information content (AvgIpc) is 2.78. The van der Waals surface area contributed by atoms with Gasteiger partial charge >= 0.3 is 5.97 Å². The third-order valence-corrected chi connectivity index (χ3v) is 3.02. The van der Waals surface area contributed by atoms with Gasteiger partial charge in [0.05, 0.1) is 4.88 Å². The summed E-state index contributed by atoms with van der Waals surface area (Å²) in [5.41, 5.74) is 6.36. The predicted octanol–water partition coefficient (Wildman–Crippen LogP) is 1.61. The molecular weight excluding hydrogens is 240 g/mol. The van der Waals surface area contributed by atoms with Crippen LogP contribution < -0.4 is 5.73 Å². The highest BCUT2D eigenvalue weighted by atomic mass is 32.1. The number of carboxylic acid groups (broad SMARTS) is 1. The molecule has 0 atom stereocenters. The molecule has 6 heteroatoms. The normalized spacial score (nSPS) is 10.1. The van der Waals surface area contributed by atoms with Crippen molar-refractivity contribution in [2.24, 2.45) is 5.73 Å². The maximum absolute atomic E-state index is 10.9. The summed E-state index contributed by atoms with van der Waals surface area (Å²) in [4.78, 5) is 22.3. The minimum absolute atomic E-state index is 0.0176. The highest BCUT2D eigenvalue weighted by Gasteiger charge is 2.10. The Balaban J connectivity index is 2.33. The van der Waals surface area contributed by atoms with Crippen LogP contribution in [0.3, 0.4) is 0 Å². The number of aromatic nitrogens is 1. The molecule has 0 bridgehead atoms. The van der Waals surface area contributed by atoms with E-state index in [2.05, 4.69) is 4.37 Å². The van der Waals surface area contributed by atoms with Gasteiger partial charge in [-0.2, -0.15) is 4.37 Å². The molecule has 5 nitrogen and oxygen atoms in total. The van der Waals surface area contributed by atoms with E-state index in [0.29, 0.717) is 5.56 Å². The lowest BCUT2D eigenvalue weighted by molar-refractivity contribution is 0.0691. The van der Waals surface area contributed by atoms with Crippen LogP contribution in [-0.4, -0.2) is 21.4 Å². The fourth-order valence-electron chi connectivity index (χ4n) is 1.31. The SMILES string of the molecule is NC(=O)c1ccc(-c2cc(C(=O)O)ns2)cc1. The molecule has 0 aliphatic carbocycles. The fraction of sp³-hybridized carbons (Fsp3) is 0. The van der Waals surface area contributed by atoms with E-state index in [-0.39, 0.29) is 5.69 Å². The first-order valence-corrected chi connectivity index (χ1v) is 5.45. The molecule has 0 aliphatic heterocycles. The fourth-order valence-corrected chi connectivity index (χ4v) is 2.04. The molecule has 0 spiro atoms. The highest BCUT2D eigenvalue weighted by Crippen LogP contribution is 2.24. The predicted molar refractivity (Wildman–Crippen MR) is 63.0 cm³/mol. The zero-order valence-electron chi connectivity index (χ0n) is 8.58. The van der Waals surface area contributed by atoms with Gasteiger partial charge in [-0.1, -0.05) is 12.1 Å². The number of aromatic carboxylic acids is 1. The summed E-state index contributed by atoms with van der Waals surface area (Å²) in [5.74, 6) is -1.55. The Bertz CT molecular complexity index is 575. The van der Waals surface area contributed by atoms with Crippen molar-refractivity contribution in [3.63, 3.8) is 0 Å². The van der Waals surface area contributed by atoms with Crippen molar-refractivity contribution in [2.75, 3.05) is 0 Å². The number of hydrogen-bond donors (Lipinski definition) is 2. The zero-order chi connectivity index (χ0) is 12.4. The molecule has 0 saturated carbocycles. The van der Waals surface area contributed by atoms with E-state index < -0.39 is 11.9 Å². The number of carbonyl (C=O) groups is 2. The van der Waals surface area contributed by atoms with Crippen LogP contribution in [0.5, 0.6) is 0 Å². The molecule has 1 aromatic heterocycles. The van der Waals surface area contributed by atoms with Crippen LogP contribution in [0.25, 0.3) is 10.4 Å². The third kappa shape index (κ3) is 2.31. The van der Waals surface area contributed by atoms with E-state index in [1.54, 1.807) is 24.3 Å². The lowest BCUT2D eigenvalue weighted by Gasteiger charge is -1.97. The topological polar surface area (TPSA) is 93.3 Å². The third-order valence-electron chi connectivity index (χ3n) is 2.18. The van der Waals surface area contributed by atoms with E-state index >= 15 is 0 Å². The number of rotatable bonds is 3. The van der Waals surface area contributed by atoms with Crippen LogP contribution in [0.4, 0.5) is 0 Å². The Kier molecular flexibility index (Phi) is 2.88. The second kappa shape index (κ2) is 4.34. The van der Waals surface area contributed by atoms with E-state index in [1.165, 1.54) is 6.07 Å². The molecule has 0 radical (unpaired) electrons. The number of carboxylic acids is 1.